The van der Waals surface area contributed by atoms with Crippen LogP contribution in [0.15, 0.2) is 23.2 Å². The van der Waals surface area contributed by atoms with Gasteiger partial charge in [0.2, 0.25) is 6.08 Å². The van der Waals surface area contributed by atoms with Crippen molar-refractivity contribution in [2.75, 3.05) is 0 Å². The molecule has 0 saturated carbocycles. The van der Waals surface area contributed by atoms with Crippen molar-refractivity contribution < 1.29 is 4.79 Å². The quantitative estimate of drug-likeness (QED) is 0.470. The van der Waals surface area contributed by atoms with Gasteiger partial charge in [-0.05, 0) is 36.5 Å². The highest BCUT2D eigenvalue weighted by atomic mass is 16.1. The predicted octanol–water partition coefficient (Wildman–Crippen LogP) is 1.80. The van der Waals surface area contributed by atoms with Gasteiger partial charge in [0.25, 0.3) is 0 Å². The van der Waals surface area contributed by atoms with Crippen molar-refractivity contribution in [3.8, 4) is 0 Å². The summed E-state index contributed by atoms with van der Waals surface area (Å²) in [7, 11) is 0. The molecule has 0 aromatic heterocycles. The van der Waals surface area contributed by atoms with Gasteiger partial charge in [-0.25, -0.2) is 9.79 Å². The lowest BCUT2D eigenvalue weighted by molar-refractivity contribution is 0.557. The Labute approximate surface area is 77.3 Å². The highest BCUT2D eigenvalue weighted by Gasteiger charge is 2.21. The Morgan fingerprint density at radius 3 is 3.00 bits per heavy atom. The summed E-state index contributed by atoms with van der Waals surface area (Å²) in [4.78, 5) is 13.9. The summed E-state index contributed by atoms with van der Waals surface area (Å²) in [5.74, 6) is 0. The van der Waals surface area contributed by atoms with Crippen LogP contribution in [0.2, 0.25) is 0 Å². The van der Waals surface area contributed by atoms with E-state index in [1.54, 1.807) is 6.08 Å². The van der Waals surface area contributed by atoms with Gasteiger partial charge in [-0.15, -0.1) is 0 Å². The maximum absolute atomic E-state index is 10.1. The molecule has 2 rings (SSSR count). The Balaban J connectivity index is 2.35. The zero-order valence-corrected chi connectivity index (χ0v) is 7.58. The molecule has 1 atom stereocenters. The maximum Gasteiger partial charge on any atom is 0.235 e. The van der Waals surface area contributed by atoms with Crippen LogP contribution in [-0.2, 0) is 17.6 Å². The molecule has 0 fully saturated rings. The molecule has 0 radical (unpaired) electrons. The highest BCUT2D eigenvalue weighted by Crippen LogP contribution is 2.26. The van der Waals surface area contributed by atoms with E-state index in [2.05, 4.69) is 30.1 Å². The van der Waals surface area contributed by atoms with Crippen LogP contribution in [0.3, 0.4) is 0 Å². The standard InChI is InChI=1S/C11H11NO/c1-8-3-2-4-9-5-10(12-7-13)6-11(8)9/h2-4,10H,5-6H2,1H3. The van der Waals surface area contributed by atoms with Gasteiger partial charge in [-0.3, -0.25) is 0 Å². The van der Waals surface area contributed by atoms with Gasteiger partial charge in [-0.2, -0.15) is 0 Å². The fourth-order valence-corrected chi connectivity index (χ4v) is 1.97. The molecule has 1 aliphatic rings. The Bertz CT molecular complexity index is 378. The van der Waals surface area contributed by atoms with Gasteiger partial charge >= 0.3 is 0 Å². The number of aliphatic imine (C=N–C) groups is 1. The topological polar surface area (TPSA) is 29.4 Å². The van der Waals surface area contributed by atoms with Gasteiger partial charge in [0.1, 0.15) is 0 Å². The van der Waals surface area contributed by atoms with Crippen LogP contribution in [0.25, 0.3) is 0 Å². The van der Waals surface area contributed by atoms with E-state index in [1.165, 1.54) is 16.7 Å². The Hall–Kier alpha value is -1.40. The number of isocyanates is 1. The summed E-state index contributed by atoms with van der Waals surface area (Å²) in [6.45, 7) is 2.10. The van der Waals surface area contributed by atoms with Crippen molar-refractivity contribution >= 4 is 6.08 Å². The molecule has 0 bridgehead atoms. The third-order valence-corrected chi connectivity index (χ3v) is 2.64. The van der Waals surface area contributed by atoms with Gasteiger partial charge in [0.15, 0.2) is 0 Å². The number of carbonyl (C=O) groups excluding carboxylic acids is 1. The molecule has 1 aromatic rings. The molecule has 13 heavy (non-hydrogen) atoms. The molecular weight excluding hydrogens is 162 g/mol. The second kappa shape index (κ2) is 3.15. The molecule has 0 aliphatic heterocycles. The second-order valence-electron chi connectivity index (χ2n) is 3.50. The Kier molecular flexibility index (Phi) is 1.99. The van der Waals surface area contributed by atoms with Crippen LogP contribution >= 0.6 is 0 Å². The van der Waals surface area contributed by atoms with Crippen molar-refractivity contribution in [1.29, 1.82) is 0 Å². The summed E-state index contributed by atoms with van der Waals surface area (Å²) < 4.78 is 0. The van der Waals surface area contributed by atoms with Crippen molar-refractivity contribution in [2.24, 2.45) is 4.99 Å². The smallest absolute Gasteiger partial charge is 0.211 e. The average molecular weight is 173 g/mol. The molecule has 0 amide bonds. The number of hydrogen-bond donors (Lipinski definition) is 0. The van der Waals surface area contributed by atoms with Crippen molar-refractivity contribution in [2.45, 2.75) is 25.8 Å². The maximum atomic E-state index is 10.1. The van der Waals surface area contributed by atoms with E-state index in [1.807, 2.05) is 0 Å². The number of aryl methyl sites for hydroxylation is 1. The van der Waals surface area contributed by atoms with E-state index in [0.29, 0.717) is 0 Å². The number of nitrogens with zero attached hydrogens (tertiary/aromatic N) is 1. The van der Waals surface area contributed by atoms with E-state index >= 15 is 0 Å². The number of rotatable bonds is 1. The van der Waals surface area contributed by atoms with E-state index < -0.39 is 0 Å². The molecule has 1 aromatic carbocycles. The molecule has 2 nitrogen and oxygen atoms in total. The van der Waals surface area contributed by atoms with Crippen LogP contribution in [0.1, 0.15) is 16.7 Å². The van der Waals surface area contributed by atoms with Gasteiger partial charge in [0.05, 0.1) is 6.04 Å². The summed E-state index contributed by atoms with van der Waals surface area (Å²) >= 11 is 0. The third kappa shape index (κ3) is 1.41. The predicted molar refractivity (Wildman–Crippen MR) is 50.5 cm³/mol. The zero-order valence-electron chi connectivity index (χ0n) is 7.58. The minimum Gasteiger partial charge on any atom is -0.211 e. The van der Waals surface area contributed by atoms with Gasteiger partial charge in [0, 0.05) is 0 Å². The van der Waals surface area contributed by atoms with E-state index in [4.69, 9.17) is 0 Å². The molecule has 1 unspecified atom stereocenters. The summed E-state index contributed by atoms with van der Waals surface area (Å²) in [5.41, 5.74) is 4.01. The van der Waals surface area contributed by atoms with E-state index in [0.717, 1.165) is 12.8 Å². The summed E-state index contributed by atoms with van der Waals surface area (Å²) in [5, 5.41) is 0. The SMILES string of the molecule is Cc1cccc2c1CC(N=C=O)C2. The van der Waals surface area contributed by atoms with Gasteiger partial charge < -0.3 is 0 Å². The second-order valence-corrected chi connectivity index (χ2v) is 3.50. The van der Waals surface area contributed by atoms with Crippen molar-refractivity contribution in [3.05, 3.63) is 34.9 Å². The van der Waals surface area contributed by atoms with Crippen LogP contribution in [-0.4, -0.2) is 12.1 Å². The fourth-order valence-electron chi connectivity index (χ4n) is 1.97. The van der Waals surface area contributed by atoms with E-state index in [-0.39, 0.29) is 6.04 Å². The highest BCUT2D eigenvalue weighted by molar-refractivity contribution is 5.41. The summed E-state index contributed by atoms with van der Waals surface area (Å²) in [6, 6.07) is 6.41. The molecule has 2 heteroatoms. The lowest BCUT2D eigenvalue weighted by Gasteiger charge is -2.00. The molecule has 0 heterocycles. The first-order valence-electron chi connectivity index (χ1n) is 4.45. The average Bonchev–Trinajstić information content (AvgIpc) is 2.49. The normalized spacial score (nSPS) is 19.3. The molecular formula is C11H11NO. The first kappa shape index (κ1) is 8.21. The van der Waals surface area contributed by atoms with Crippen LogP contribution in [0.4, 0.5) is 0 Å². The first-order chi connectivity index (χ1) is 6.31. The fraction of sp³-hybridized carbons (Fsp3) is 0.364. The van der Waals surface area contributed by atoms with Crippen LogP contribution < -0.4 is 0 Å². The minimum absolute atomic E-state index is 0.133. The molecule has 0 N–H and O–H groups in total. The number of hydrogen-bond acceptors (Lipinski definition) is 2. The largest absolute Gasteiger partial charge is 0.235 e. The van der Waals surface area contributed by atoms with Crippen LogP contribution in [0, 0.1) is 6.92 Å². The molecule has 66 valence electrons. The lowest BCUT2D eigenvalue weighted by Crippen LogP contribution is -2.01. The Morgan fingerprint density at radius 1 is 1.46 bits per heavy atom. The monoisotopic (exact) mass is 173 g/mol. The zero-order chi connectivity index (χ0) is 9.26. The Morgan fingerprint density at radius 2 is 2.31 bits per heavy atom. The van der Waals surface area contributed by atoms with Gasteiger partial charge in [-0.1, -0.05) is 18.2 Å². The van der Waals surface area contributed by atoms with Crippen LogP contribution in [0.5, 0.6) is 0 Å². The lowest BCUT2D eigenvalue weighted by atomic mass is 10.1. The van der Waals surface area contributed by atoms with Crippen molar-refractivity contribution in [1.82, 2.24) is 0 Å². The summed E-state index contributed by atoms with van der Waals surface area (Å²) in [6.07, 6.45) is 3.43. The first-order valence-corrected chi connectivity index (χ1v) is 4.45. The number of benzene rings is 1. The number of fused-ring (bicyclic) bond motifs is 1. The third-order valence-electron chi connectivity index (χ3n) is 2.64. The van der Waals surface area contributed by atoms with Crippen molar-refractivity contribution in [3.63, 3.8) is 0 Å². The molecule has 0 saturated heterocycles. The molecule has 1 aliphatic carbocycles. The minimum atomic E-state index is 0.133. The van der Waals surface area contributed by atoms with E-state index in [9.17, 15) is 4.79 Å². The molecule has 0 spiro atoms.